The van der Waals surface area contributed by atoms with E-state index in [2.05, 4.69) is 8.16 Å². The van der Waals surface area contributed by atoms with Crippen LogP contribution >= 0.6 is 0 Å². The van der Waals surface area contributed by atoms with Gasteiger partial charge < -0.3 is 0 Å². The summed E-state index contributed by atoms with van der Waals surface area (Å²) < 4.78 is 85.3. The van der Waals surface area contributed by atoms with Crippen LogP contribution in [-0.4, -0.2) is 30.3 Å². The number of hydrogen-bond donors (Lipinski definition) is 0. The van der Waals surface area contributed by atoms with Gasteiger partial charge in [0.2, 0.25) is 0 Å². The van der Waals surface area contributed by atoms with Crippen molar-refractivity contribution in [3.8, 4) is 0 Å². The summed E-state index contributed by atoms with van der Waals surface area (Å²) in [7, 11) is -10.1. The molecule has 0 aliphatic heterocycles. The number of alkyl halides is 3. The molecule has 16 heavy (non-hydrogen) atoms. The number of nitrogens with zero attached hydrogens (tertiary/aromatic N) is 1. The molecule has 0 spiro atoms. The molecule has 0 amide bonds. The maximum Gasteiger partial charge on any atom is 0.346 e. The quantitative estimate of drug-likeness (QED) is 0.695. The lowest BCUT2D eigenvalue weighted by Crippen LogP contribution is -2.23. The normalized spacial score (nSPS) is 18.1. The summed E-state index contributed by atoms with van der Waals surface area (Å²) in [6.07, 6.45) is -0.284. The Morgan fingerprint density at radius 1 is 1.31 bits per heavy atom. The third-order valence-electron chi connectivity index (χ3n) is 1.57. The number of halogens is 4. The molecule has 0 aliphatic carbocycles. The van der Waals surface area contributed by atoms with E-state index in [1.807, 2.05) is 0 Å². The average molecular weight is 287 g/mol. The van der Waals surface area contributed by atoms with Crippen molar-refractivity contribution in [2.75, 3.05) is 6.67 Å². The highest BCUT2D eigenvalue weighted by Crippen LogP contribution is 2.18. The molecule has 2 atom stereocenters. The van der Waals surface area contributed by atoms with Gasteiger partial charge in [-0.25, -0.2) is 17.0 Å². The first-order valence-electron chi connectivity index (χ1n) is 3.88. The lowest BCUT2D eigenvalue weighted by molar-refractivity contribution is -0.000789. The molecule has 0 bridgehead atoms. The minimum atomic E-state index is -5.30. The fourth-order valence-corrected chi connectivity index (χ4v) is 3.31. The zero-order chi connectivity index (χ0) is 13.0. The topological polar surface area (TPSA) is 72.8 Å². The Bertz CT molecular complexity index is 424. The van der Waals surface area contributed by atoms with Crippen LogP contribution in [0.5, 0.6) is 0 Å². The predicted molar refractivity (Wildman–Crippen MR) is 47.7 cm³/mol. The molecule has 0 aromatic heterocycles. The summed E-state index contributed by atoms with van der Waals surface area (Å²) in [5, 5.41) is -1.75. The van der Waals surface area contributed by atoms with Gasteiger partial charge >= 0.3 is 5.76 Å². The van der Waals surface area contributed by atoms with Crippen molar-refractivity contribution in [1.82, 2.24) is 0 Å². The van der Waals surface area contributed by atoms with Crippen molar-refractivity contribution >= 4 is 20.0 Å². The molecular formula is C5H9F4NO4S2. The smallest absolute Gasteiger partial charge is 0.250 e. The van der Waals surface area contributed by atoms with E-state index in [0.717, 1.165) is 0 Å². The minimum absolute atomic E-state index is 0.284. The summed E-state index contributed by atoms with van der Waals surface area (Å²) in [5.41, 5.74) is 0. The van der Waals surface area contributed by atoms with Gasteiger partial charge in [-0.05, 0) is 10.9 Å². The summed E-state index contributed by atoms with van der Waals surface area (Å²) in [4.78, 5) is 0. The highest BCUT2D eigenvalue weighted by Gasteiger charge is 2.32. The van der Waals surface area contributed by atoms with E-state index in [1.54, 1.807) is 0 Å². The van der Waals surface area contributed by atoms with Gasteiger partial charge in [0, 0.05) is 0 Å². The molecule has 0 saturated carbocycles. The van der Waals surface area contributed by atoms with Crippen LogP contribution in [0.2, 0.25) is 0 Å². The molecule has 0 aromatic carbocycles. The summed E-state index contributed by atoms with van der Waals surface area (Å²) in [6.45, 7) is -0.162. The Balaban J connectivity index is 5.53. The summed E-state index contributed by atoms with van der Waals surface area (Å²) in [5.74, 6) is -3.95. The predicted octanol–water partition coefficient (Wildman–Crippen LogP) is 1.57. The van der Waals surface area contributed by atoms with Crippen LogP contribution in [0.15, 0.2) is 3.77 Å². The second-order valence-electron chi connectivity index (χ2n) is 2.61. The molecule has 0 radical (unpaired) electrons. The Labute approximate surface area is 90.1 Å². The summed E-state index contributed by atoms with van der Waals surface area (Å²) in [6, 6.07) is 0. The third kappa shape index (κ3) is 3.56. The summed E-state index contributed by atoms with van der Waals surface area (Å²) >= 11 is 0. The molecule has 98 valence electrons. The van der Waals surface area contributed by atoms with Crippen LogP contribution in [0.25, 0.3) is 0 Å². The van der Waals surface area contributed by atoms with Crippen molar-refractivity contribution in [3.05, 3.63) is 0 Å². The molecule has 0 fully saturated rings. The molecule has 0 saturated heterocycles. The van der Waals surface area contributed by atoms with Crippen LogP contribution in [0.3, 0.4) is 0 Å². The Morgan fingerprint density at radius 3 is 2.06 bits per heavy atom. The van der Waals surface area contributed by atoms with Gasteiger partial charge in [0.05, 0.1) is 0 Å². The molecule has 5 nitrogen and oxygen atoms in total. The fraction of sp³-hybridized carbons (Fsp3) is 1.00. The first-order chi connectivity index (χ1) is 7.23. The fourth-order valence-electron chi connectivity index (χ4n) is 0.677. The molecule has 2 unspecified atom stereocenters. The molecular weight excluding hydrogens is 278 g/mol. The van der Waals surface area contributed by atoms with Crippen LogP contribution in [0.1, 0.15) is 13.3 Å². The minimum Gasteiger partial charge on any atom is -0.250 e. The maximum atomic E-state index is 12.2. The molecule has 0 aliphatic rings. The highest BCUT2D eigenvalue weighted by molar-refractivity contribution is 8.01. The lowest BCUT2D eigenvalue weighted by atomic mass is 10.4. The van der Waals surface area contributed by atoms with Crippen LogP contribution in [0, 0.1) is 0 Å². The molecule has 0 heterocycles. The zero-order valence-electron chi connectivity index (χ0n) is 7.98. The van der Waals surface area contributed by atoms with E-state index in [-0.39, 0.29) is 6.42 Å². The average Bonchev–Trinajstić information content (AvgIpc) is 2.17. The van der Waals surface area contributed by atoms with E-state index in [1.165, 1.54) is 6.92 Å². The maximum absolute atomic E-state index is 12.2. The van der Waals surface area contributed by atoms with E-state index >= 15 is 0 Å². The van der Waals surface area contributed by atoms with E-state index < -0.39 is 37.7 Å². The van der Waals surface area contributed by atoms with Gasteiger partial charge in [-0.15, -0.1) is 0 Å². The van der Waals surface area contributed by atoms with Crippen LogP contribution in [-0.2, 0) is 24.4 Å². The Kier molecular flexibility index (Phi) is 5.62. The van der Waals surface area contributed by atoms with Crippen molar-refractivity contribution in [3.63, 3.8) is 0 Å². The zero-order valence-corrected chi connectivity index (χ0v) is 9.61. The standard InChI is InChI=1S/C5H9F4NO4S2/c1-2-4(3-6)15(11,12)10-16(13,14-9)5(7)8/h4-5H,2-3H2,1H3. The van der Waals surface area contributed by atoms with E-state index in [9.17, 15) is 30.3 Å². The van der Waals surface area contributed by atoms with Crippen LogP contribution in [0.4, 0.5) is 17.7 Å². The second kappa shape index (κ2) is 5.77. The number of sulfonamides is 1. The van der Waals surface area contributed by atoms with Crippen molar-refractivity contribution in [2.45, 2.75) is 24.4 Å². The van der Waals surface area contributed by atoms with Gasteiger partial charge in [-0.2, -0.15) is 8.78 Å². The highest BCUT2D eigenvalue weighted by atomic mass is 32.3. The monoisotopic (exact) mass is 287 g/mol. The lowest BCUT2D eigenvalue weighted by Gasteiger charge is -2.08. The van der Waals surface area contributed by atoms with Gasteiger partial charge in [-0.3, -0.25) is 0 Å². The van der Waals surface area contributed by atoms with Gasteiger partial charge in [0.1, 0.15) is 11.9 Å². The largest absolute Gasteiger partial charge is 0.346 e. The van der Waals surface area contributed by atoms with E-state index in [4.69, 9.17) is 0 Å². The Morgan fingerprint density at radius 2 is 1.81 bits per heavy atom. The van der Waals surface area contributed by atoms with Crippen molar-refractivity contribution < 1.29 is 34.7 Å². The van der Waals surface area contributed by atoms with Gasteiger partial charge in [0.15, 0.2) is 0 Å². The van der Waals surface area contributed by atoms with Gasteiger partial charge in [0.25, 0.3) is 20.0 Å². The second-order valence-corrected chi connectivity index (χ2v) is 6.42. The number of hydrogen-bond acceptors (Lipinski definition) is 4. The van der Waals surface area contributed by atoms with Crippen molar-refractivity contribution in [2.24, 2.45) is 3.77 Å². The van der Waals surface area contributed by atoms with Crippen molar-refractivity contribution in [1.29, 1.82) is 0 Å². The molecule has 0 aromatic rings. The van der Waals surface area contributed by atoms with Gasteiger partial charge in [-0.1, -0.05) is 15.1 Å². The number of rotatable bonds is 6. The Hall–Kier alpha value is -0.420. The third-order valence-corrected chi connectivity index (χ3v) is 5.17. The molecule has 0 N–H and O–H groups in total. The molecule has 0 rings (SSSR count). The first-order valence-corrected chi connectivity index (χ1v) is 6.89. The molecule has 11 heteroatoms. The van der Waals surface area contributed by atoms with Crippen LogP contribution < -0.4 is 0 Å². The SMILES string of the molecule is CCC(CF)S(=O)(=O)N=S(=O)(OF)C(F)F. The van der Waals surface area contributed by atoms with E-state index in [0.29, 0.717) is 0 Å². The first kappa shape index (κ1) is 15.6.